The molecular weight excluding hydrogens is 344 g/mol. The summed E-state index contributed by atoms with van der Waals surface area (Å²) in [7, 11) is -11.2. The van der Waals surface area contributed by atoms with Gasteiger partial charge < -0.3 is 0 Å². The molecule has 0 aliphatic carbocycles. The van der Waals surface area contributed by atoms with Crippen molar-refractivity contribution < 1.29 is 25.2 Å². The number of hydrogen-bond donors (Lipinski definition) is 0. The Morgan fingerprint density at radius 1 is 0.682 bits per heavy atom. The molecule has 0 aliphatic heterocycles. The molecule has 0 spiro atoms. The van der Waals surface area contributed by atoms with Gasteiger partial charge in [0.15, 0.2) is 0 Å². The van der Waals surface area contributed by atoms with Crippen LogP contribution >= 0.6 is 15.7 Å². The Kier molecular flexibility index (Phi) is 5.54. The molecule has 0 aromatic heterocycles. The van der Waals surface area contributed by atoms with Crippen LogP contribution in [0.5, 0.6) is 0 Å². The van der Waals surface area contributed by atoms with Crippen LogP contribution in [0.3, 0.4) is 0 Å². The summed E-state index contributed by atoms with van der Waals surface area (Å²) in [4.78, 5) is 0. The molecule has 0 fully saturated rings. The Balaban J connectivity index is 0.000000534. The Hall–Kier alpha value is -0.340. The van der Waals surface area contributed by atoms with Crippen molar-refractivity contribution in [2.75, 3.05) is 0 Å². The van der Waals surface area contributed by atoms with Gasteiger partial charge >= 0.3 is 33.0 Å². The van der Waals surface area contributed by atoms with E-state index in [0.29, 0.717) is 10.3 Å². The van der Waals surface area contributed by atoms with E-state index in [2.05, 4.69) is 71.9 Å². The van der Waals surface area contributed by atoms with Crippen LogP contribution in [0.25, 0.3) is 0 Å². The second-order valence-corrected chi connectivity index (χ2v) is 13.4. The first-order valence-corrected chi connectivity index (χ1v) is 10.2. The fraction of sp³-hybridized carbons (Fsp3) is 0.571. The molecule has 0 aliphatic rings. The first kappa shape index (κ1) is 21.7. The molecule has 0 amide bonds. The van der Waals surface area contributed by atoms with Gasteiger partial charge in [-0.1, -0.05) is 18.2 Å². The average Bonchev–Trinajstić information content (AvgIpc) is 2.08. The van der Waals surface area contributed by atoms with E-state index in [9.17, 15) is 25.2 Å². The van der Waals surface area contributed by atoms with Gasteiger partial charge in [0.25, 0.3) is 0 Å². The predicted octanol–water partition coefficient (Wildman–Crippen LogP) is 7.51. The number of hydrogen-bond acceptors (Lipinski definition) is 0. The van der Waals surface area contributed by atoms with Gasteiger partial charge in [0.05, 0.1) is 15.6 Å². The zero-order valence-electron chi connectivity index (χ0n) is 13.6. The fourth-order valence-corrected chi connectivity index (χ4v) is 7.10. The summed E-state index contributed by atoms with van der Waals surface area (Å²) < 4.78 is 59.2. The molecule has 0 N–H and O–H groups in total. The quantitative estimate of drug-likeness (QED) is 0.355. The Labute approximate surface area is 129 Å². The van der Waals surface area contributed by atoms with Crippen molar-refractivity contribution in [3.63, 3.8) is 0 Å². The van der Waals surface area contributed by atoms with Crippen molar-refractivity contribution in [3.8, 4) is 0 Å². The molecule has 1 aromatic rings. The molecule has 0 heterocycles. The van der Waals surface area contributed by atoms with Crippen molar-refractivity contribution in [1.29, 1.82) is 0 Å². The van der Waals surface area contributed by atoms with Crippen LogP contribution in [0.4, 0.5) is 25.2 Å². The molecule has 1 aromatic carbocycles. The summed E-state index contributed by atoms with van der Waals surface area (Å²) in [5.41, 5.74) is 0. The van der Waals surface area contributed by atoms with Gasteiger partial charge in [-0.25, -0.2) is 0 Å². The Morgan fingerprint density at radius 2 is 0.955 bits per heavy atom. The van der Waals surface area contributed by atoms with Crippen LogP contribution in [0.15, 0.2) is 30.3 Å². The molecule has 0 bridgehead atoms. The predicted molar refractivity (Wildman–Crippen MR) is 87.5 cm³/mol. The summed E-state index contributed by atoms with van der Waals surface area (Å²) in [5.74, 6) is 0. The molecule has 1 rings (SSSR count). The number of rotatable bonds is 1. The molecule has 22 heavy (non-hydrogen) atoms. The maximum absolute atomic E-state index is 10.7. The van der Waals surface area contributed by atoms with Gasteiger partial charge in [0.1, 0.15) is 0 Å². The molecule has 0 saturated carbocycles. The van der Waals surface area contributed by atoms with Crippen LogP contribution in [-0.2, 0) is 0 Å². The third-order valence-corrected chi connectivity index (χ3v) is 6.47. The van der Waals surface area contributed by atoms with E-state index in [1.807, 2.05) is 0 Å². The van der Waals surface area contributed by atoms with Crippen LogP contribution in [0.2, 0.25) is 0 Å². The van der Waals surface area contributed by atoms with Gasteiger partial charge in [0, 0.05) is 7.92 Å². The molecule has 0 radical (unpaired) electrons. The zero-order valence-corrected chi connectivity index (χ0v) is 15.5. The summed E-state index contributed by atoms with van der Waals surface area (Å²) in [6, 6.07) is 11.0. The van der Waals surface area contributed by atoms with E-state index in [0.717, 1.165) is 0 Å². The molecular formula is C14H24F6P2. The van der Waals surface area contributed by atoms with Gasteiger partial charge in [-0.3, -0.25) is 0 Å². The molecule has 0 unspecified atom stereocenters. The number of benzene rings is 1. The van der Waals surface area contributed by atoms with Crippen molar-refractivity contribution in [2.45, 2.75) is 51.9 Å². The first-order valence-electron chi connectivity index (χ1n) is 6.67. The Morgan fingerprint density at radius 3 is 1.18 bits per heavy atom. The van der Waals surface area contributed by atoms with Crippen LogP contribution in [0, 0.1) is 0 Å². The monoisotopic (exact) mass is 368 g/mol. The second-order valence-electron chi connectivity index (χ2n) is 7.20. The van der Waals surface area contributed by atoms with Gasteiger partial charge in [0.2, 0.25) is 0 Å². The first-order chi connectivity index (χ1) is 9.18. The van der Waals surface area contributed by atoms with Crippen LogP contribution < -0.4 is 5.30 Å². The third-order valence-electron chi connectivity index (χ3n) is 2.56. The maximum atomic E-state index is 9.87. The fourth-order valence-electron chi connectivity index (χ4n) is 2.60. The van der Waals surface area contributed by atoms with Crippen molar-refractivity contribution in [3.05, 3.63) is 30.3 Å². The topological polar surface area (TPSA) is 0 Å². The SMILES string of the molecule is CC(C)(C)[PH+](c1ccccc1)C(C)(C)C.F[P-](F)(F)(F)(F)F. The van der Waals surface area contributed by atoms with Crippen molar-refractivity contribution in [2.24, 2.45) is 0 Å². The van der Waals surface area contributed by atoms with E-state index in [1.165, 1.54) is 0 Å². The van der Waals surface area contributed by atoms with Gasteiger partial charge in [-0.15, -0.1) is 0 Å². The van der Waals surface area contributed by atoms with E-state index in [-0.39, 0.29) is 0 Å². The summed E-state index contributed by atoms with van der Waals surface area (Å²) in [6.45, 7) is 14.2. The third kappa shape index (κ3) is 12.2. The molecule has 0 nitrogen and oxygen atoms in total. The summed E-state index contributed by atoms with van der Waals surface area (Å²) in [6.07, 6.45) is 0. The van der Waals surface area contributed by atoms with Gasteiger partial charge in [-0.2, -0.15) is 0 Å². The molecule has 0 saturated heterocycles. The summed E-state index contributed by atoms with van der Waals surface area (Å²) >= 11 is 0. The van der Waals surface area contributed by atoms with E-state index in [1.54, 1.807) is 5.30 Å². The van der Waals surface area contributed by atoms with Gasteiger partial charge in [-0.05, 0) is 53.7 Å². The molecule has 8 heteroatoms. The normalized spacial score (nSPS) is 16.4. The van der Waals surface area contributed by atoms with E-state index in [4.69, 9.17) is 0 Å². The minimum absolute atomic E-state index is 0.407. The van der Waals surface area contributed by atoms with Crippen molar-refractivity contribution in [1.82, 2.24) is 0 Å². The van der Waals surface area contributed by atoms with Crippen LogP contribution in [-0.4, -0.2) is 10.3 Å². The standard InChI is InChI=1S/C14H23P.F6P/c1-13(2,3)15(14(4,5)6)12-10-8-7-9-11-12;1-7(2,3,4,5)6/h7-11H,1-6H3;/q;-1/p+1. The van der Waals surface area contributed by atoms with E-state index < -0.39 is 15.7 Å². The second kappa shape index (κ2) is 5.63. The summed E-state index contributed by atoms with van der Waals surface area (Å²) in [5, 5.41) is 2.37. The molecule has 0 atom stereocenters. The zero-order chi connectivity index (χ0) is 18.1. The van der Waals surface area contributed by atoms with Crippen LogP contribution in [0.1, 0.15) is 41.5 Å². The Bertz CT molecular complexity index is 454. The average molecular weight is 368 g/mol. The molecule has 132 valence electrons. The number of halogens is 6. The van der Waals surface area contributed by atoms with Crippen molar-refractivity contribution >= 4 is 21.0 Å². The minimum atomic E-state index is -10.7. The van der Waals surface area contributed by atoms with E-state index >= 15 is 0 Å².